The van der Waals surface area contributed by atoms with Gasteiger partial charge in [0, 0.05) is 6.54 Å². The Morgan fingerprint density at radius 3 is 2.70 bits per heavy atom. The van der Waals surface area contributed by atoms with Gasteiger partial charge in [0.25, 0.3) is 0 Å². The molecule has 0 spiro atoms. The van der Waals surface area contributed by atoms with Crippen molar-refractivity contribution in [1.82, 2.24) is 4.98 Å². The van der Waals surface area contributed by atoms with E-state index in [2.05, 4.69) is 26.2 Å². The Hall–Kier alpha value is -1.43. The highest BCUT2D eigenvalue weighted by Gasteiger charge is 2.19. The number of nitrogens with one attached hydrogen (secondary N) is 1. The van der Waals surface area contributed by atoms with Gasteiger partial charge in [-0.1, -0.05) is 41.9 Å². The first-order valence-corrected chi connectivity index (χ1v) is 7.16. The zero-order chi connectivity index (χ0) is 14.5. The Morgan fingerprint density at radius 1 is 1.40 bits per heavy atom. The lowest BCUT2D eigenvalue weighted by atomic mass is 9.98. The summed E-state index contributed by atoms with van der Waals surface area (Å²) in [5, 5.41) is 3.14. The molecular weight excluding hydrogens is 342 g/mol. The van der Waals surface area contributed by atoms with Crippen molar-refractivity contribution in [3.8, 4) is 0 Å². The van der Waals surface area contributed by atoms with E-state index in [1.54, 1.807) is 6.07 Å². The monoisotopic (exact) mass is 353 g/mol. The summed E-state index contributed by atoms with van der Waals surface area (Å²) >= 11 is 9.08. The van der Waals surface area contributed by atoms with Gasteiger partial charge in [-0.05, 0) is 27.6 Å². The normalized spacial score (nSPS) is 11.9. The highest BCUT2D eigenvalue weighted by atomic mass is 79.9. The van der Waals surface area contributed by atoms with Crippen molar-refractivity contribution in [3.63, 3.8) is 0 Å². The molecule has 1 heterocycles. The average molecular weight is 355 g/mol. The maximum absolute atomic E-state index is 12.3. The lowest BCUT2D eigenvalue weighted by Gasteiger charge is -2.15. The average Bonchev–Trinajstić information content (AvgIpc) is 2.45. The molecule has 0 radical (unpaired) electrons. The Morgan fingerprint density at radius 2 is 2.10 bits per heavy atom. The van der Waals surface area contributed by atoms with Gasteiger partial charge < -0.3 is 11.1 Å². The van der Waals surface area contributed by atoms with Crippen LogP contribution in [0.4, 0.5) is 5.69 Å². The third kappa shape index (κ3) is 3.56. The van der Waals surface area contributed by atoms with Crippen molar-refractivity contribution in [2.75, 3.05) is 11.9 Å². The van der Waals surface area contributed by atoms with Gasteiger partial charge in [-0.15, -0.1) is 0 Å². The van der Waals surface area contributed by atoms with E-state index in [4.69, 9.17) is 17.3 Å². The number of hydrogen-bond donors (Lipinski definition) is 2. The molecule has 2 rings (SSSR count). The van der Waals surface area contributed by atoms with Gasteiger partial charge in [0.15, 0.2) is 0 Å². The van der Waals surface area contributed by atoms with Crippen LogP contribution in [0.5, 0.6) is 0 Å². The predicted molar refractivity (Wildman–Crippen MR) is 83.8 cm³/mol. The Labute approximate surface area is 130 Å². The van der Waals surface area contributed by atoms with E-state index >= 15 is 0 Å². The number of hydrogen-bond acceptors (Lipinski definition) is 3. The van der Waals surface area contributed by atoms with Gasteiger partial charge in [-0.2, -0.15) is 0 Å². The second kappa shape index (κ2) is 6.83. The molecule has 0 fully saturated rings. The largest absolute Gasteiger partial charge is 0.329 e. The summed E-state index contributed by atoms with van der Waals surface area (Å²) < 4.78 is 0.626. The third-order valence-corrected chi connectivity index (χ3v) is 3.95. The molecule has 1 amide bonds. The Kier molecular flexibility index (Phi) is 5.11. The smallest absolute Gasteiger partial charge is 0.233 e. The molecule has 0 bridgehead atoms. The summed E-state index contributed by atoms with van der Waals surface area (Å²) in [7, 11) is 0. The first-order chi connectivity index (χ1) is 9.61. The number of aromatic nitrogens is 1. The van der Waals surface area contributed by atoms with Crippen LogP contribution in [0.3, 0.4) is 0 Å². The van der Waals surface area contributed by atoms with E-state index in [9.17, 15) is 4.79 Å². The number of halogens is 2. The molecule has 104 valence electrons. The second-order valence-corrected chi connectivity index (χ2v) is 5.40. The van der Waals surface area contributed by atoms with Crippen LogP contribution < -0.4 is 11.1 Å². The van der Waals surface area contributed by atoms with Crippen LogP contribution in [0.1, 0.15) is 11.5 Å². The molecule has 6 heteroatoms. The molecule has 0 aliphatic rings. The summed E-state index contributed by atoms with van der Waals surface area (Å²) in [5.41, 5.74) is 7.16. The molecule has 1 aromatic carbocycles. The summed E-state index contributed by atoms with van der Waals surface area (Å²) in [6.45, 7) is 0.234. The molecule has 0 saturated heterocycles. The highest BCUT2D eigenvalue weighted by molar-refractivity contribution is 9.10. The minimum Gasteiger partial charge on any atom is -0.329 e. The van der Waals surface area contributed by atoms with Crippen molar-refractivity contribution in [2.45, 2.75) is 5.92 Å². The summed E-state index contributed by atoms with van der Waals surface area (Å²) in [6.07, 6.45) is 1.50. The Balaban J connectivity index is 2.15. The fourth-order valence-corrected chi connectivity index (χ4v) is 2.25. The van der Waals surface area contributed by atoms with Gasteiger partial charge in [-0.25, -0.2) is 4.98 Å². The molecule has 4 nitrogen and oxygen atoms in total. The number of amides is 1. The van der Waals surface area contributed by atoms with Gasteiger partial charge >= 0.3 is 0 Å². The standard InChI is InChI=1S/C14H13BrClN3O/c15-12-6-10(8-18-13(12)16)19-14(20)11(7-17)9-4-2-1-3-5-9/h1-6,8,11H,7,17H2,(H,19,20). The SMILES string of the molecule is NCC(C(=O)Nc1cnc(Cl)c(Br)c1)c1ccccc1. The first kappa shape index (κ1) is 15.0. The van der Waals surface area contributed by atoms with E-state index in [0.717, 1.165) is 5.56 Å². The molecule has 2 aromatic rings. The topological polar surface area (TPSA) is 68.0 Å². The summed E-state index contributed by atoms with van der Waals surface area (Å²) in [6, 6.07) is 11.1. The minimum absolute atomic E-state index is 0.172. The Bertz CT molecular complexity index is 607. The van der Waals surface area contributed by atoms with Crippen LogP contribution in [0.25, 0.3) is 0 Å². The highest BCUT2D eigenvalue weighted by Crippen LogP contribution is 2.24. The second-order valence-electron chi connectivity index (χ2n) is 4.18. The molecule has 20 heavy (non-hydrogen) atoms. The minimum atomic E-state index is -0.398. The van der Waals surface area contributed by atoms with Gasteiger partial charge in [0.2, 0.25) is 5.91 Å². The lowest BCUT2D eigenvalue weighted by molar-refractivity contribution is -0.117. The zero-order valence-corrected chi connectivity index (χ0v) is 12.9. The lowest BCUT2D eigenvalue weighted by Crippen LogP contribution is -2.27. The summed E-state index contributed by atoms with van der Waals surface area (Å²) in [4.78, 5) is 16.2. The van der Waals surface area contributed by atoms with E-state index in [1.165, 1.54) is 6.20 Å². The maximum Gasteiger partial charge on any atom is 0.233 e. The molecule has 1 aromatic heterocycles. The van der Waals surface area contributed by atoms with Gasteiger partial charge in [0.05, 0.1) is 22.3 Å². The van der Waals surface area contributed by atoms with Crippen LogP contribution >= 0.6 is 27.5 Å². The predicted octanol–water partition coefficient (Wildman–Crippen LogP) is 3.18. The van der Waals surface area contributed by atoms with Crippen molar-refractivity contribution in [3.05, 3.63) is 57.8 Å². The van der Waals surface area contributed by atoms with E-state index < -0.39 is 5.92 Å². The van der Waals surface area contributed by atoms with E-state index in [-0.39, 0.29) is 12.5 Å². The van der Waals surface area contributed by atoms with Crippen molar-refractivity contribution >= 4 is 39.1 Å². The number of nitrogens with two attached hydrogens (primary N) is 1. The first-order valence-electron chi connectivity index (χ1n) is 5.98. The van der Waals surface area contributed by atoms with E-state index in [0.29, 0.717) is 15.3 Å². The van der Waals surface area contributed by atoms with Crippen molar-refractivity contribution in [2.24, 2.45) is 5.73 Å². The number of carbonyl (C=O) groups excluding carboxylic acids is 1. The van der Waals surface area contributed by atoms with Crippen LogP contribution in [0.15, 0.2) is 47.1 Å². The number of carbonyl (C=O) groups is 1. The number of nitrogens with zero attached hydrogens (tertiary/aromatic N) is 1. The number of pyridine rings is 1. The van der Waals surface area contributed by atoms with Gasteiger partial charge in [0.1, 0.15) is 5.15 Å². The third-order valence-electron chi connectivity index (χ3n) is 2.82. The fourth-order valence-electron chi connectivity index (χ4n) is 1.80. The van der Waals surface area contributed by atoms with E-state index in [1.807, 2.05) is 30.3 Å². The zero-order valence-electron chi connectivity index (χ0n) is 10.5. The molecular formula is C14H13BrClN3O. The molecule has 0 aliphatic heterocycles. The quantitative estimate of drug-likeness (QED) is 0.829. The van der Waals surface area contributed by atoms with Crippen molar-refractivity contribution < 1.29 is 4.79 Å². The van der Waals surface area contributed by atoms with Gasteiger partial charge in [-0.3, -0.25) is 4.79 Å². The van der Waals surface area contributed by atoms with Crippen LogP contribution in [-0.2, 0) is 4.79 Å². The van der Waals surface area contributed by atoms with Crippen LogP contribution in [0, 0.1) is 0 Å². The number of benzene rings is 1. The molecule has 0 aliphatic carbocycles. The van der Waals surface area contributed by atoms with Crippen LogP contribution in [-0.4, -0.2) is 17.4 Å². The molecule has 0 saturated carbocycles. The molecule has 1 atom stereocenters. The maximum atomic E-state index is 12.3. The van der Waals surface area contributed by atoms with Crippen molar-refractivity contribution in [1.29, 1.82) is 0 Å². The number of rotatable bonds is 4. The fraction of sp³-hybridized carbons (Fsp3) is 0.143. The van der Waals surface area contributed by atoms with Crippen LogP contribution in [0.2, 0.25) is 5.15 Å². The number of anilines is 1. The summed E-state index contributed by atoms with van der Waals surface area (Å²) in [5.74, 6) is -0.569. The molecule has 1 unspecified atom stereocenters. The molecule has 3 N–H and O–H groups in total.